The van der Waals surface area contributed by atoms with E-state index < -0.39 is 5.97 Å². The van der Waals surface area contributed by atoms with Crippen molar-refractivity contribution in [1.29, 1.82) is 0 Å². The molecule has 0 radical (unpaired) electrons. The third-order valence-corrected chi connectivity index (χ3v) is 0.268. The van der Waals surface area contributed by atoms with Gasteiger partial charge in [0.05, 0.1) is 0 Å². The van der Waals surface area contributed by atoms with Crippen molar-refractivity contribution in [2.45, 2.75) is 0 Å². The third kappa shape index (κ3) is 10.7. The minimum absolute atomic E-state index is 0. The van der Waals surface area contributed by atoms with E-state index in [4.69, 9.17) is 5.11 Å². The van der Waals surface area contributed by atoms with Gasteiger partial charge >= 0.3 is 5.97 Å². The van der Waals surface area contributed by atoms with Gasteiger partial charge in [-0.05, 0) is 0 Å². The molecule has 0 rings (SSSR count). The molecule has 0 aliphatic rings. The standard InChI is InChI=1S/C3H6O3.Pt/c1-6-2-3(4)5;/h2H2,1H3,(H,4,5);. The van der Waals surface area contributed by atoms with Gasteiger partial charge in [0.15, 0.2) is 0 Å². The Hall–Kier alpha value is 0.118. The summed E-state index contributed by atoms with van der Waals surface area (Å²) in [6, 6.07) is 0. The Kier molecular flexibility index (Phi) is 8.89. The molecule has 0 spiro atoms. The van der Waals surface area contributed by atoms with Crippen LogP contribution in [0.15, 0.2) is 0 Å². The van der Waals surface area contributed by atoms with Crippen LogP contribution in [0.25, 0.3) is 0 Å². The van der Waals surface area contributed by atoms with E-state index >= 15 is 0 Å². The average molecular weight is 285 g/mol. The zero-order valence-electron chi connectivity index (χ0n) is 3.79. The molecule has 0 aliphatic carbocycles. The first-order chi connectivity index (χ1) is 2.77. The SMILES string of the molecule is COCC(=O)O.[Pt]. The van der Waals surface area contributed by atoms with Crippen LogP contribution in [0.4, 0.5) is 0 Å². The van der Waals surface area contributed by atoms with E-state index in [1.807, 2.05) is 0 Å². The Morgan fingerprint density at radius 3 is 2.29 bits per heavy atom. The van der Waals surface area contributed by atoms with Gasteiger partial charge in [-0.1, -0.05) is 0 Å². The molecule has 0 heterocycles. The van der Waals surface area contributed by atoms with E-state index in [0.717, 1.165) is 0 Å². The summed E-state index contributed by atoms with van der Waals surface area (Å²) in [6.07, 6.45) is 0. The number of hydrogen-bond donors (Lipinski definition) is 1. The first-order valence-electron chi connectivity index (χ1n) is 1.48. The van der Waals surface area contributed by atoms with Crippen LogP contribution < -0.4 is 0 Å². The predicted molar refractivity (Wildman–Crippen MR) is 19.5 cm³/mol. The zero-order chi connectivity index (χ0) is 4.99. The third-order valence-electron chi connectivity index (χ3n) is 0.268. The summed E-state index contributed by atoms with van der Waals surface area (Å²) in [5.74, 6) is -0.933. The minimum atomic E-state index is -0.933. The normalized spacial score (nSPS) is 7.00. The van der Waals surface area contributed by atoms with Crippen molar-refractivity contribution in [2.24, 2.45) is 0 Å². The van der Waals surface area contributed by atoms with Crippen molar-refractivity contribution >= 4 is 5.97 Å². The van der Waals surface area contributed by atoms with Gasteiger partial charge in [0.1, 0.15) is 6.61 Å². The number of aliphatic carboxylic acids is 1. The van der Waals surface area contributed by atoms with E-state index in [1.165, 1.54) is 7.11 Å². The van der Waals surface area contributed by atoms with Gasteiger partial charge in [-0.3, -0.25) is 0 Å². The number of carboxylic acids is 1. The molecule has 3 nitrogen and oxygen atoms in total. The van der Waals surface area contributed by atoms with E-state index in [1.54, 1.807) is 0 Å². The second kappa shape index (κ2) is 6.12. The predicted octanol–water partition coefficient (Wildman–Crippen LogP) is -0.285. The van der Waals surface area contributed by atoms with Gasteiger partial charge in [-0.2, -0.15) is 0 Å². The number of carboxylic acid groups (broad SMARTS) is 1. The summed E-state index contributed by atoms with van der Waals surface area (Å²) in [5, 5.41) is 7.79. The fraction of sp³-hybridized carbons (Fsp3) is 0.667. The monoisotopic (exact) mass is 285 g/mol. The maximum atomic E-state index is 9.47. The number of ether oxygens (including phenoxy) is 1. The summed E-state index contributed by atoms with van der Waals surface area (Å²) in [5.41, 5.74) is 0. The van der Waals surface area contributed by atoms with Crippen molar-refractivity contribution in [2.75, 3.05) is 13.7 Å². The number of methoxy groups -OCH3 is 1. The Morgan fingerprint density at radius 2 is 2.29 bits per heavy atom. The molecule has 0 fully saturated rings. The first-order valence-corrected chi connectivity index (χ1v) is 1.48. The largest absolute Gasteiger partial charge is 0.480 e. The molecule has 0 aromatic rings. The molecule has 0 amide bonds. The van der Waals surface area contributed by atoms with Crippen molar-refractivity contribution < 1.29 is 35.7 Å². The molecule has 0 aromatic carbocycles. The molecule has 0 saturated carbocycles. The smallest absolute Gasteiger partial charge is 0.329 e. The number of hydrogen-bond acceptors (Lipinski definition) is 2. The van der Waals surface area contributed by atoms with Gasteiger partial charge in [0.25, 0.3) is 0 Å². The molecular weight excluding hydrogens is 279 g/mol. The van der Waals surface area contributed by atoms with E-state index in [0.29, 0.717) is 0 Å². The number of carbonyl (C=O) groups is 1. The van der Waals surface area contributed by atoms with E-state index in [2.05, 4.69) is 4.74 Å². The Labute approximate surface area is 55.9 Å². The first kappa shape index (κ1) is 10.2. The van der Waals surface area contributed by atoms with Crippen LogP contribution in [0.5, 0.6) is 0 Å². The van der Waals surface area contributed by atoms with Crippen molar-refractivity contribution in [3.8, 4) is 0 Å². The summed E-state index contributed by atoms with van der Waals surface area (Å²) in [7, 11) is 1.34. The maximum absolute atomic E-state index is 9.47. The van der Waals surface area contributed by atoms with Crippen molar-refractivity contribution in [3.63, 3.8) is 0 Å². The maximum Gasteiger partial charge on any atom is 0.329 e. The Morgan fingerprint density at radius 1 is 1.86 bits per heavy atom. The molecule has 7 heavy (non-hydrogen) atoms. The average Bonchev–Trinajstić information content (AvgIpc) is 1.35. The molecule has 4 heteroatoms. The second-order valence-electron chi connectivity index (χ2n) is 0.827. The van der Waals surface area contributed by atoms with E-state index in [-0.39, 0.29) is 27.7 Å². The summed E-state index contributed by atoms with van der Waals surface area (Å²) >= 11 is 0. The molecule has 0 atom stereocenters. The zero-order valence-corrected chi connectivity index (χ0v) is 6.06. The fourth-order valence-corrected chi connectivity index (χ4v) is 0.123. The van der Waals surface area contributed by atoms with Crippen LogP contribution in [-0.2, 0) is 30.6 Å². The summed E-state index contributed by atoms with van der Waals surface area (Å²) < 4.78 is 4.20. The summed E-state index contributed by atoms with van der Waals surface area (Å²) in [6.45, 7) is -0.208. The van der Waals surface area contributed by atoms with Crippen molar-refractivity contribution in [1.82, 2.24) is 0 Å². The van der Waals surface area contributed by atoms with E-state index in [9.17, 15) is 4.79 Å². The van der Waals surface area contributed by atoms with Crippen LogP contribution in [0.3, 0.4) is 0 Å². The van der Waals surface area contributed by atoms with Gasteiger partial charge in [-0.15, -0.1) is 0 Å². The van der Waals surface area contributed by atoms with Gasteiger partial charge in [0.2, 0.25) is 0 Å². The van der Waals surface area contributed by atoms with Crippen LogP contribution in [0, 0.1) is 0 Å². The fourth-order valence-electron chi connectivity index (χ4n) is 0.123. The molecule has 0 aromatic heterocycles. The molecule has 0 saturated heterocycles. The minimum Gasteiger partial charge on any atom is -0.480 e. The molecule has 0 aliphatic heterocycles. The van der Waals surface area contributed by atoms with Gasteiger partial charge in [-0.25, -0.2) is 4.79 Å². The summed E-state index contributed by atoms with van der Waals surface area (Å²) in [4.78, 5) is 9.47. The Bertz CT molecular complexity index is 54.1. The molecule has 0 bridgehead atoms. The van der Waals surface area contributed by atoms with Gasteiger partial charge in [0, 0.05) is 28.2 Å². The van der Waals surface area contributed by atoms with Crippen LogP contribution in [-0.4, -0.2) is 24.8 Å². The topological polar surface area (TPSA) is 46.5 Å². The quantitative estimate of drug-likeness (QED) is 0.759. The van der Waals surface area contributed by atoms with Crippen LogP contribution in [0.1, 0.15) is 0 Å². The molecule has 1 N–H and O–H groups in total. The molecular formula is C3H6O3Pt. The second-order valence-corrected chi connectivity index (χ2v) is 0.827. The molecule has 0 unspecified atom stereocenters. The molecule has 46 valence electrons. The van der Waals surface area contributed by atoms with Crippen molar-refractivity contribution in [3.05, 3.63) is 0 Å². The van der Waals surface area contributed by atoms with Gasteiger partial charge < -0.3 is 9.84 Å². The Balaban J connectivity index is 0. The number of rotatable bonds is 2. The van der Waals surface area contributed by atoms with Crippen LogP contribution >= 0.6 is 0 Å². The van der Waals surface area contributed by atoms with Crippen LogP contribution in [0.2, 0.25) is 0 Å².